The Balaban J connectivity index is 2.17. The maximum absolute atomic E-state index is 8.67. The largest absolute Gasteiger partial charge is 0.252 e. The van der Waals surface area contributed by atoms with Crippen molar-refractivity contribution in [1.82, 2.24) is 25.0 Å². The molecule has 0 fully saturated rings. The molecule has 0 aliphatic rings. The summed E-state index contributed by atoms with van der Waals surface area (Å²) in [5.74, 6) is 0.401. The zero-order valence-corrected chi connectivity index (χ0v) is 8.65. The van der Waals surface area contributed by atoms with Crippen LogP contribution in [0.3, 0.4) is 0 Å². The molecular formula is C11H6N6. The minimum Gasteiger partial charge on any atom is -0.218 e. The summed E-state index contributed by atoms with van der Waals surface area (Å²) in [6.07, 6.45) is 2.91. The summed E-state index contributed by atoms with van der Waals surface area (Å²) in [6, 6.07) is 9.50. The fraction of sp³-hybridized carbons (Fsp3) is 0. The molecule has 0 radical (unpaired) electrons. The number of aromatic nitrogens is 5. The van der Waals surface area contributed by atoms with Crippen molar-refractivity contribution in [2.75, 3.05) is 0 Å². The van der Waals surface area contributed by atoms with Crippen LogP contribution in [0.4, 0.5) is 0 Å². The van der Waals surface area contributed by atoms with E-state index in [1.54, 1.807) is 0 Å². The van der Waals surface area contributed by atoms with Gasteiger partial charge < -0.3 is 0 Å². The Morgan fingerprint density at radius 1 is 1.12 bits per heavy atom. The molecule has 0 saturated heterocycles. The van der Waals surface area contributed by atoms with Crippen LogP contribution in [0.25, 0.3) is 17.0 Å². The lowest BCUT2D eigenvalue weighted by Gasteiger charge is -1.98. The lowest BCUT2D eigenvalue weighted by molar-refractivity contribution is 0.773. The first-order valence-electron chi connectivity index (χ1n) is 4.91. The van der Waals surface area contributed by atoms with Gasteiger partial charge in [-0.05, 0) is 12.1 Å². The second kappa shape index (κ2) is 3.64. The molecule has 3 aromatic rings. The number of fused-ring (bicyclic) bond motifs is 1. The molecular weight excluding hydrogens is 216 g/mol. The van der Waals surface area contributed by atoms with E-state index in [9.17, 15) is 0 Å². The summed E-state index contributed by atoms with van der Waals surface area (Å²) in [7, 11) is 0. The van der Waals surface area contributed by atoms with E-state index in [4.69, 9.17) is 5.26 Å². The third kappa shape index (κ3) is 1.50. The van der Waals surface area contributed by atoms with Crippen LogP contribution in [-0.2, 0) is 0 Å². The second-order valence-electron chi connectivity index (χ2n) is 3.37. The Morgan fingerprint density at radius 3 is 2.65 bits per heavy atom. The molecule has 17 heavy (non-hydrogen) atoms. The van der Waals surface area contributed by atoms with Gasteiger partial charge >= 0.3 is 0 Å². The third-order valence-electron chi connectivity index (χ3n) is 2.31. The van der Waals surface area contributed by atoms with Gasteiger partial charge in [-0.1, -0.05) is 17.3 Å². The zero-order valence-electron chi connectivity index (χ0n) is 8.65. The molecule has 0 unspecified atom stereocenters. The predicted molar refractivity (Wildman–Crippen MR) is 59.2 cm³/mol. The van der Waals surface area contributed by atoms with Gasteiger partial charge in [-0.25, -0.2) is 9.97 Å². The average Bonchev–Trinajstić information content (AvgIpc) is 2.83. The summed E-state index contributed by atoms with van der Waals surface area (Å²) < 4.78 is 1.54. The quantitative estimate of drug-likeness (QED) is 0.615. The van der Waals surface area contributed by atoms with Crippen LogP contribution in [0.2, 0.25) is 0 Å². The SMILES string of the molecule is N#Cc1cnc(-n2nnc3ccccc32)nc1. The second-order valence-corrected chi connectivity index (χ2v) is 3.37. The van der Waals surface area contributed by atoms with Gasteiger partial charge in [0.2, 0.25) is 0 Å². The van der Waals surface area contributed by atoms with Crippen LogP contribution >= 0.6 is 0 Å². The first-order valence-corrected chi connectivity index (χ1v) is 4.91. The van der Waals surface area contributed by atoms with Crippen LogP contribution in [0.15, 0.2) is 36.7 Å². The molecule has 6 nitrogen and oxygen atoms in total. The summed E-state index contributed by atoms with van der Waals surface area (Å²) in [6.45, 7) is 0. The molecule has 6 heteroatoms. The summed E-state index contributed by atoms with van der Waals surface area (Å²) in [4.78, 5) is 8.14. The van der Waals surface area contributed by atoms with Crippen molar-refractivity contribution >= 4 is 11.0 Å². The minimum absolute atomic E-state index is 0.401. The van der Waals surface area contributed by atoms with Gasteiger partial charge in [0.15, 0.2) is 0 Å². The maximum Gasteiger partial charge on any atom is 0.252 e. The van der Waals surface area contributed by atoms with Crippen molar-refractivity contribution in [3.63, 3.8) is 0 Å². The molecule has 0 saturated carbocycles. The van der Waals surface area contributed by atoms with E-state index < -0.39 is 0 Å². The van der Waals surface area contributed by atoms with Crippen LogP contribution in [0.1, 0.15) is 5.56 Å². The van der Waals surface area contributed by atoms with Gasteiger partial charge in [0.25, 0.3) is 5.95 Å². The molecule has 0 atom stereocenters. The average molecular weight is 222 g/mol. The lowest BCUT2D eigenvalue weighted by atomic mass is 10.3. The molecule has 80 valence electrons. The molecule has 2 aromatic heterocycles. The number of benzene rings is 1. The molecule has 0 aliphatic heterocycles. The monoisotopic (exact) mass is 222 g/mol. The van der Waals surface area contributed by atoms with Gasteiger partial charge in [-0.2, -0.15) is 9.94 Å². The lowest BCUT2D eigenvalue weighted by Crippen LogP contribution is -2.02. The highest BCUT2D eigenvalue weighted by Gasteiger charge is 2.07. The molecule has 0 bridgehead atoms. The zero-order chi connectivity index (χ0) is 11.7. The van der Waals surface area contributed by atoms with Crippen molar-refractivity contribution in [3.8, 4) is 12.0 Å². The number of para-hydroxylation sites is 1. The summed E-state index contributed by atoms with van der Waals surface area (Å²) in [5, 5.41) is 16.7. The van der Waals surface area contributed by atoms with Crippen LogP contribution in [0, 0.1) is 11.3 Å². The van der Waals surface area contributed by atoms with Gasteiger partial charge in [0.1, 0.15) is 11.6 Å². The molecule has 0 spiro atoms. The van der Waals surface area contributed by atoms with E-state index >= 15 is 0 Å². The number of rotatable bonds is 1. The number of nitrogens with zero attached hydrogens (tertiary/aromatic N) is 6. The van der Waals surface area contributed by atoms with E-state index in [-0.39, 0.29) is 0 Å². The Kier molecular flexibility index (Phi) is 2.02. The summed E-state index contributed by atoms with van der Waals surface area (Å²) in [5.41, 5.74) is 2.02. The van der Waals surface area contributed by atoms with Crippen LogP contribution < -0.4 is 0 Å². The first kappa shape index (κ1) is 9.42. The maximum atomic E-state index is 8.67. The topological polar surface area (TPSA) is 80.3 Å². The van der Waals surface area contributed by atoms with Crippen molar-refractivity contribution in [2.45, 2.75) is 0 Å². The standard InChI is InChI=1S/C11H6N6/c12-5-8-6-13-11(14-7-8)17-10-4-2-1-3-9(10)15-16-17/h1-4,6-7H. The van der Waals surface area contributed by atoms with E-state index in [2.05, 4.69) is 20.3 Å². The van der Waals surface area contributed by atoms with Crippen LogP contribution in [-0.4, -0.2) is 25.0 Å². The molecule has 0 aliphatic carbocycles. The molecule has 3 rings (SSSR count). The van der Waals surface area contributed by atoms with E-state index in [0.29, 0.717) is 11.5 Å². The normalized spacial score (nSPS) is 10.3. The smallest absolute Gasteiger partial charge is 0.218 e. The fourth-order valence-corrected chi connectivity index (χ4v) is 1.50. The third-order valence-corrected chi connectivity index (χ3v) is 2.31. The number of hydrogen-bond acceptors (Lipinski definition) is 5. The number of nitriles is 1. The fourth-order valence-electron chi connectivity index (χ4n) is 1.50. The highest BCUT2D eigenvalue weighted by atomic mass is 15.5. The van der Waals surface area contributed by atoms with Crippen molar-refractivity contribution in [3.05, 3.63) is 42.2 Å². The molecule has 0 N–H and O–H groups in total. The number of hydrogen-bond donors (Lipinski definition) is 0. The van der Waals surface area contributed by atoms with E-state index in [0.717, 1.165) is 11.0 Å². The molecule has 1 aromatic carbocycles. The van der Waals surface area contributed by atoms with Gasteiger partial charge in [0.05, 0.1) is 23.5 Å². The first-order chi connectivity index (χ1) is 8.38. The Labute approximate surface area is 96.2 Å². The van der Waals surface area contributed by atoms with Gasteiger partial charge in [0, 0.05) is 0 Å². The highest BCUT2D eigenvalue weighted by Crippen LogP contribution is 2.12. The Hall–Kier alpha value is -2.81. The van der Waals surface area contributed by atoms with E-state index in [1.807, 2.05) is 30.3 Å². The Morgan fingerprint density at radius 2 is 1.88 bits per heavy atom. The summed E-state index contributed by atoms with van der Waals surface area (Å²) >= 11 is 0. The van der Waals surface area contributed by atoms with Gasteiger partial charge in [-0.3, -0.25) is 0 Å². The Bertz CT molecular complexity index is 707. The minimum atomic E-state index is 0.401. The van der Waals surface area contributed by atoms with Crippen LogP contribution in [0.5, 0.6) is 0 Å². The van der Waals surface area contributed by atoms with Crippen molar-refractivity contribution in [2.24, 2.45) is 0 Å². The van der Waals surface area contributed by atoms with Gasteiger partial charge in [-0.15, -0.1) is 5.10 Å². The predicted octanol–water partition coefficient (Wildman–Crippen LogP) is 1.08. The molecule has 0 amide bonds. The van der Waals surface area contributed by atoms with Crippen molar-refractivity contribution < 1.29 is 0 Å². The molecule has 2 heterocycles. The van der Waals surface area contributed by atoms with Crippen molar-refractivity contribution in [1.29, 1.82) is 5.26 Å². The van der Waals surface area contributed by atoms with E-state index in [1.165, 1.54) is 17.1 Å². The highest BCUT2D eigenvalue weighted by molar-refractivity contribution is 5.75.